The maximum absolute atomic E-state index is 11.9. The Morgan fingerprint density at radius 1 is 1.19 bits per heavy atom. The molecule has 1 heterocycles. The van der Waals surface area contributed by atoms with Crippen LogP contribution >= 0.6 is 11.3 Å². The Hall–Kier alpha value is -1.60. The Bertz CT molecular complexity index is 543. The zero-order chi connectivity index (χ0) is 15.1. The molecule has 1 N–H and O–H groups in total. The maximum Gasteiger partial charge on any atom is 0.411 e. The molecule has 0 saturated carbocycles. The summed E-state index contributed by atoms with van der Waals surface area (Å²) in [6.45, 7) is -0.621. The average molecular weight is 316 g/mol. The number of alkyl halides is 3. The van der Waals surface area contributed by atoms with E-state index in [1.807, 2.05) is 35.7 Å². The SMILES string of the molecule is FC(F)(F)COCc1nc(CCNc2ccccc2)cs1. The van der Waals surface area contributed by atoms with E-state index in [9.17, 15) is 13.2 Å². The monoisotopic (exact) mass is 316 g/mol. The Kier molecular flexibility index (Phi) is 5.58. The Morgan fingerprint density at radius 2 is 1.95 bits per heavy atom. The van der Waals surface area contributed by atoms with E-state index in [-0.39, 0.29) is 6.61 Å². The van der Waals surface area contributed by atoms with E-state index < -0.39 is 12.8 Å². The highest BCUT2D eigenvalue weighted by atomic mass is 32.1. The molecule has 0 aliphatic heterocycles. The number of nitrogens with zero attached hydrogens (tertiary/aromatic N) is 1. The third kappa shape index (κ3) is 6.14. The number of hydrogen-bond acceptors (Lipinski definition) is 4. The lowest BCUT2D eigenvalue weighted by Gasteiger charge is -2.05. The van der Waals surface area contributed by atoms with Crippen molar-refractivity contribution in [3.05, 3.63) is 46.4 Å². The van der Waals surface area contributed by atoms with E-state index in [0.29, 0.717) is 11.4 Å². The smallest absolute Gasteiger partial charge is 0.385 e. The summed E-state index contributed by atoms with van der Waals surface area (Å²) in [5.41, 5.74) is 1.88. The lowest BCUT2D eigenvalue weighted by Crippen LogP contribution is -2.16. The minimum absolute atomic E-state index is 0.101. The van der Waals surface area contributed by atoms with Crippen LogP contribution in [0.3, 0.4) is 0 Å². The fraction of sp³-hybridized carbons (Fsp3) is 0.357. The number of halogens is 3. The number of benzene rings is 1. The summed E-state index contributed by atoms with van der Waals surface area (Å²) in [7, 11) is 0. The van der Waals surface area contributed by atoms with Gasteiger partial charge in [-0.15, -0.1) is 11.3 Å². The second-order valence-corrected chi connectivity index (χ2v) is 5.33. The van der Waals surface area contributed by atoms with E-state index in [0.717, 1.165) is 17.9 Å². The van der Waals surface area contributed by atoms with Gasteiger partial charge in [-0.25, -0.2) is 4.98 Å². The van der Waals surface area contributed by atoms with Crippen molar-refractivity contribution in [2.45, 2.75) is 19.2 Å². The van der Waals surface area contributed by atoms with E-state index in [1.165, 1.54) is 11.3 Å². The molecule has 0 fully saturated rings. The van der Waals surface area contributed by atoms with Crippen LogP contribution in [0, 0.1) is 0 Å². The van der Waals surface area contributed by atoms with Crippen LogP contribution in [0.2, 0.25) is 0 Å². The molecule has 1 aromatic heterocycles. The van der Waals surface area contributed by atoms with Crippen LogP contribution in [0.5, 0.6) is 0 Å². The highest BCUT2D eigenvalue weighted by molar-refractivity contribution is 7.09. The summed E-state index contributed by atoms with van der Waals surface area (Å²) in [6.07, 6.45) is -3.58. The standard InChI is InChI=1S/C14H15F3N2OS/c15-14(16,17)10-20-8-13-19-12(9-21-13)6-7-18-11-4-2-1-3-5-11/h1-5,9,18H,6-8,10H2. The Balaban J connectivity index is 1.70. The van der Waals surface area contributed by atoms with Gasteiger partial charge in [0, 0.05) is 24.0 Å². The molecule has 0 spiro atoms. The first-order chi connectivity index (χ1) is 10.0. The van der Waals surface area contributed by atoms with Crippen LogP contribution < -0.4 is 5.32 Å². The molecule has 114 valence electrons. The molecular weight excluding hydrogens is 301 g/mol. The van der Waals surface area contributed by atoms with Crippen LogP contribution in [-0.2, 0) is 17.8 Å². The molecule has 3 nitrogen and oxygen atoms in total. The number of ether oxygens (including phenoxy) is 1. The second kappa shape index (κ2) is 7.42. The Labute approximate surface area is 124 Å². The summed E-state index contributed by atoms with van der Waals surface area (Å²) in [6, 6.07) is 9.77. The van der Waals surface area contributed by atoms with Gasteiger partial charge in [-0.05, 0) is 12.1 Å². The van der Waals surface area contributed by atoms with Crippen LogP contribution in [-0.4, -0.2) is 24.3 Å². The first-order valence-corrected chi connectivity index (χ1v) is 7.27. The van der Waals surface area contributed by atoms with Gasteiger partial charge in [0.05, 0.1) is 12.3 Å². The van der Waals surface area contributed by atoms with Gasteiger partial charge in [-0.1, -0.05) is 18.2 Å². The summed E-state index contributed by atoms with van der Waals surface area (Å²) in [5, 5.41) is 5.66. The van der Waals surface area contributed by atoms with Crippen molar-refractivity contribution in [2.75, 3.05) is 18.5 Å². The molecule has 0 aliphatic carbocycles. The van der Waals surface area contributed by atoms with Gasteiger partial charge in [0.25, 0.3) is 0 Å². The second-order valence-electron chi connectivity index (χ2n) is 4.38. The van der Waals surface area contributed by atoms with E-state index >= 15 is 0 Å². The fourth-order valence-electron chi connectivity index (χ4n) is 1.68. The number of thiazole rings is 1. The normalized spacial score (nSPS) is 11.6. The number of rotatable bonds is 7. The third-order valence-electron chi connectivity index (χ3n) is 2.57. The van der Waals surface area contributed by atoms with Crippen molar-refractivity contribution in [1.82, 2.24) is 4.98 Å². The summed E-state index contributed by atoms with van der Waals surface area (Å²) < 4.78 is 40.4. The van der Waals surface area contributed by atoms with Crippen molar-refractivity contribution in [3.8, 4) is 0 Å². The van der Waals surface area contributed by atoms with Gasteiger partial charge in [0.2, 0.25) is 0 Å². The van der Waals surface area contributed by atoms with Crippen molar-refractivity contribution in [1.29, 1.82) is 0 Å². The summed E-state index contributed by atoms with van der Waals surface area (Å²) >= 11 is 1.32. The molecule has 0 saturated heterocycles. The largest absolute Gasteiger partial charge is 0.411 e. The number of para-hydroxylation sites is 1. The molecule has 0 unspecified atom stereocenters. The highest BCUT2D eigenvalue weighted by Crippen LogP contribution is 2.17. The van der Waals surface area contributed by atoms with E-state index in [4.69, 9.17) is 0 Å². The minimum Gasteiger partial charge on any atom is -0.385 e. The fourth-order valence-corrected chi connectivity index (χ4v) is 2.44. The Morgan fingerprint density at radius 3 is 2.67 bits per heavy atom. The molecule has 0 aliphatic rings. The number of anilines is 1. The quantitative estimate of drug-likeness (QED) is 0.842. The van der Waals surface area contributed by atoms with Gasteiger partial charge >= 0.3 is 6.18 Å². The molecule has 0 bridgehead atoms. The third-order valence-corrected chi connectivity index (χ3v) is 3.45. The average Bonchev–Trinajstić information content (AvgIpc) is 2.86. The van der Waals surface area contributed by atoms with Gasteiger partial charge < -0.3 is 10.1 Å². The van der Waals surface area contributed by atoms with Crippen molar-refractivity contribution in [2.24, 2.45) is 0 Å². The van der Waals surface area contributed by atoms with Crippen LogP contribution in [0.1, 0.15) is 10.7 Å². The lowest BCUT2D eigenvalue weighted by atomic mass is 10.3. The van der Waals surface area contributed by atoms with E-state index in [2.05, 4.69) is 15.0 Å². The molecule has 2 rings (SSSR count). The predicted molar refractivity (Wildman–Crippen MR) is 76.5 cm³/mol. The molecule has 21 heavy (non-hydrogen) atoms. The molecule has 0 amide bonds. The minimum atomic E-state index is -4.29. The van der Waals surface area contributed by atoms with Gasteiger partial charge in [-0.3, -0.25) is 0 Å². The van der Waals surface area contributed by atoms with Gasteiger partial charge in [-0.2, -0.15) is 13.2 Å². The molecule has 1 aromatic carbocycles. The number of nitrogens with one attached hydrogen (secondary N) is 1. The van der Waals surface area contributed by atoms with Gasteiger partial charge in [0.15, 0.2) is 0 Å². The molecule has 0 radical (unpaired) electrons. The number of hydrogen-bond donors (Lipinski definition) is 1. The van der Waals surface area contributed by atoms with Crippen molar-refractivity contribution in [3.63, 3.8) is 0 Å². The highest BCUT2D eigenvalue weighted by Gasteiger charge is 2.27. The molecule has 2 aromatic rings. The molecular formula is C14H15F3N2OS. The van der Waals surface area contributed by atoms with Crippen molar-refractivity contribution < 1.29 is 17.9 Å². The zero-order valence-corrected chi connectivity index (χ0v) is 12.0. The van der Waals surface area contributed by atoms with Crippen LogP contribution in [0.25, 0.3) is 0 Å². The molecule has 7 heteroatoms. The van der Waals surface area contributed by atoms with Crippen molar-refractivity contribution >= 4 is 17.0 Å². The summed E-state index contributed by atoms with van der Waals surface area (Å²) in [5.74, 6) is 0. The van der Waals surface area contributed by atoms with Crippen LogP contribution in [0.4, 0.5) is 18.9 Å². The number of aromatic nitrogens is 1. The van der Waals surface area contributed by atoms with Gasteiger partial charge in [0.1, 0.15) is 11.6 Å². The van der Waals surface area contributed by atoms with Crippen LogP contribution in [0.15, 0.2) is 35.7 Å². The topological polar surface area (TPSA) is 34.1 Å². The zero-order valence-electron chi connectivity index (χ0n) is 11.2. The van der Waals surface area contributed by atoms with E-state index in [1.54, 1.807) is 0 Å². The maximum atomic E-state index is 11.9. The molecule has 0 atom stereocenters. The summed E-state index contributed by atoms with van der Waals surface area (Å²) in [4.78, 5) is 4.25. The lowest BCUT2D eigenvalue weighted by molar-refractivity contribution is -0.176. The first kappa shape index (κ1) is 15.8. The predicted octanol–water partition coefficient (Wildman–Crippen LogP) is 3.88. The first-order valence-electron chi connectivity index (χ1n) is 6.39.